The van der Waals surface area contributed by atoms with Crippen LogP contribution in [-0.2, 0) is 0 Å². The molecule has 0 saturated heterocycles. The molecule has 2 heteroatoms. The molecule has 0 amide bonds. The van der Waals surface area contributed by atoms with Crippen LogP contribution in [-0.4, -0.2) is 18.6 Å². The van der Waals surface area contributed by atoms with E-state index < -0.39 is 0 Å². The highest BCUT2D eigenvalue weighted by molar-refractivity contribution is 4.87. The number of nitrogens with two attached hydrogens (primary N) is 1. The minimum Gasteiger partial charge on any atom is -0.330 e. The molecule has 3 N–H and O–H groups in total. The third kappa shape index (κ3) is 3.69. The van der Waals surface area contributed by atoms with E-state index in [1.54, 1.807) is 0 Å². The Morgan fingerprint density at radius 1 is 1.00 bits per heavy atom. The van der Waals surface area contributed by atoms with E-state index in [-0.39, 0.29) is 0 Å². The first-order chi connectivity index (χ1) is 8.31. The fourth-order valence-corrected chi connectivity index (χ4v) is 3.82. The Morgan fingerprint density at radius 3 is 2.35 bits per heavy atom. The molecule has 2 aliphatic carbocycles. The summed E-state index contributed by atoms with van der Waals surface area (Å²) in [7, 11) is 0. The predicted octanol–water partition coefficient (Wildman–Crippen LogP) is 3.06. The first kappa shape index (κ1) is 13.4. The number of hydrogen-bond donors (Lipinski definition) is 2. The molecule has 3 atom stereocenters. The second-order valence-corrected chi connectivity index (χ2v) is 6.24. The van der Waals surface area contributed by atoms with Crippen molar-refractivity contribution in [1.82, 2.24) is 5.32 Å². The van der Waals surface area contributed by atoms with Crippen LogP contribution in [0.4, 0.5) is 0 Å². The van der Waals surface area contributed by atoms with Crippen LogP contribution in [0, 0.1) is 11.8 Å². The molecule has 0 radical (unpaired) electrons. The number of hydrogen-bond acceptors (Lipinski definition) is 2. The first-order valence-corrected chi connectivity index (χ1v) is 7.77. The molecule has 0 bridgehead atoms. The van der Waals surface area contributed by atoms with Crippen molar-refractivity contribution < 1.29 is 0 Å². The Hall–Kier alpha value is -0.0800. The maximum Gasteiger partial charge on any atom is 0.0110 e. The van der Waals surface area contributed by atoms with Crippen molar-refractivity contribution in [2.24, 2.45) is 17.6 Å². The molecule has 2 nitrogen and oxygen atoms in total. The zero-order valence-corrected chi connectivity index (χ0v) is 11.5. The molecule has 0 aromatic heterocycles. The minimum atomic E-state index is 0.699. The number of rotatable bonds is 4. The lowest BCUT2D eigenvalue weighted by molar-refractivity contribution is 0.282. The van der Waals surface area contributed by atoms with Crippen molar-refractivity contribution >= 4 is 0 Å². The van der Waals surface area contributed by atoms with Crippen molar-refractivity contribution in [3.05, 3.63) is 0 Å². The van der Waals surface area contributed by atoms with Crippen LogP contribution in [0.5, 0.6) is 0 Å². The van der Waals surface area contributed by atoms with Crippen molar-refractivity contribution in [2.45, 2.75) is 76.8 Å². The second kappa shape index (κ2) is 6.75. The largest absolute Gasteiger partial charge is 0.330 e. The highest BCUT2D eigenvalue weighted by Gasteiger charge is 2.29. The summed E-state index contributed by atoms with van der Waals surface area (Å²) in [4.78, 5) is 0. The van der Waals surface area contributed by atoms with Gasteiger partial charge in [0.15, 0.2) is 0 Å². The predicted molar refractivity (Wildman–Crippen MR) is 74.0 cm³/mol. The van der Waals surface area contributed by atoms with Gasteiger partial charge in [0.05, 0.1) is 0 Å². The van der Waals surface area contributed by atoms with Crippen LogP contribution < -0.4 is 11.1 Å². The van der Waals surface area contributed by atoms with E-state index in [0.717, 1.165) is 18.4 Å². The SMILES string of the molecule is C[C@H](NC1CCCC1CN)C1CCCCCC1. The zero-order valence-electron chi connectivity index (χ0n) is 11.5. The average molecular weight is 238 g/mol. The van der Waals surface area contributed by atoms with E-state index in [2.05, 4.69) is 12.2 Å². The molecule has 2 unspecified atom stereocenters. The Bertz CT molecular complexity index is 209. The van der Waals surface area contributed by atoms with Crippen LogP contribution in [0.2, 0.25) is 0 Å². The van der Waals surface area contributed by atoms with Crippen LogP contribution in [0.15, 0.2) is 0 Å². The topological polar surface area (TPSA) is 38.0 Å². The lowest BCUT2D eigenvalue weighted by atomic mass is 9.91. The Morgan fingerprint density at radius 2 is 1.71 bits per heavy atom. The lowest BCUT2D eigenvalue weighted by Crippen LogP contribution is -2.44. The van der Waals surface area contributed by atoms with Gasteiger partial charge in [-0.2, -0.15) is 0 Å². The monoisotopic (exact) mass is 238 g/mol. The van der Waals surface area contributed by atoms with Gasteiger partial charge < -0.3 is 11.1 Å². The summed E-state index contributed by atoms with van der Waals surface area (Å²) in [6.07, 6.45) is 12.7. The molecule has 0 aromatic carbocycles. The zero-order chi connectivity index (χ0) is 12.1. The van der Waals surface area contributed by atoms with Gasteiger partial charge in [-0.05, 0) is 51.0 Å². The smallest absolute Gasteiger partial charge is 0.0110 e. The first-order valence-electron chi connectivity index (χ1n) is 7.77. The molecule has 0 heterocycles. The standard InChI is InChI=1S/C15H30N2/c1-12(13-7-4-2-3-5-8-13)17-15-10-6-9-14(15)11-16/h12-15,17H,2-11,16H2,1H3/t12-,14?,15?/m0/s1. The van der Waals surface area contributed by atoms with Gasteiger partial charge in [-0.3, -0.25) is 0 Å². The third-order valence-electron chi connectivity index (χ3n) is 5.05. The Balaban J connectivity index is 1.80. The van der Waals surface area contributed by atoms with Crippen LogP contribution >= 0.6 is 0 Å². The molecule has 0 aromatic rings. The van der Waals surface area contributed by atoms with E-state index in [4.69, 9.17) is 5.73 Å². The van der Waals surface area contributed by atoms with E-state index >= 15 is 0 Å². The van der Waals surface area contributed by atoms with Gasteiger partial charge in [0.1, 0.15) is 0 Å². The molecule has 2 rings (SSSR count). The van der Waals surface area contributed by atoms with Crippen molar-refractivity contribution in [2.75, 3.05) is 6.54 Å². The molecular formula is C15H30N2. The quantitative estimate of drug-likeness (QED) is 0.739. The molecule has 100 valence electrons. The summed E-state index contributed by atoms with van der Waals surface area (Å²) in [6.45, 7) is 3.27. The van der Waals surface area contributed by atoms with E-state index in [1.807, 2.05) is 0 Å². The summed E-state index contributed by atoms with van der Waals surface area (Å²) in [5.74, 6) is 1.65. The van der Waals surface area contributed by atoms with Gasteiger partial charge in [0.2, 0.25) is 0 Å². The molecule has 2 saturated carbocycles. The second-order valence-electron chi connectivity index (χ2n) is 6.24. The summed E-state index contributed by atoms with van der Waals surface area (Å²) in [5, 5.41) is 3.90. The molecule has 0 spiro atoms. The van der Waals surface area contributed by atoms with Crippen molar-refractivity contribution in [1.29, 1.82) is 0 Å². The molecule has 2 fully saturated rings. The van der Waals surface area contributed by atoms with Gasteiger partial charge in [-0.25, -0.2) is 0 Å². The highest BCUT2D eigenvalue weighted by atomic mass is 15.0. The van der Waals surface area contributed by atoms with Crippen LogP contribution in [0.25, 0.3) is 0 Å². The molecule has 0 aliphatic heterocycles. The van der Waals surface area contributed by atoms with E-state index in [9.17, 15) is 0 Å². The van der Waals surface area contributed by atoms with Crippen LogP contribution in [0.1, 0.15) is 64.7 Å². The highest BCUT2D eigenvalue weighted by Crippen LogP contribution is 2.29. The summed E-state index contributed by atoms with van der Waals surface area (Å²) >= 11 is 0. The summed E-state index contributed by atoms with van der Waals surface area (Å²) in [6, 6.07) is 1.41. The van der Waals surface area contributed by atoms with Crippen molar-refractivity contribution in [3.63, 3.8) is 0 Å². The normalized spacial score (nSPS) is 33.5. The van der Waals surface area contributed by atoms with E-state index in [1.165, 1.54) is 57.8 Å². The fourth-order valence-electron chi connectivity index (χ4n) is 3.82. The van der Waals surface area contributed by atoms with Crippen molar-refractivity contribution in [3.8, 4) is 0 Å². The maximum absolute atomic E-state index is 5.86. The Kier molecular flexibility index (Phi) is 5.30. The van der Waals surface area contributed by atoms with Crippen LogP contribution in [0.3, 0.4) is 0 Å². The van der Waals surface area contributed by atoms with Gasteiger partial charge in [0.25, 0.3) is 0 Å². The minimum absolute atomic E-state index is 0.699. The Labute approximate surface area is 107 Å². The number of nitrogens with one attached hydrogen (secondary N) is 1. The molecule has 17 heavy (non-hydrogen) atoms. The fraction of sp³-hybridized carbons (Fsp3) is 1.00. The van der Waals surface area contributed by atoms with E-state index in [0.29, 0.717) is 12.1 Å². The van der Waals surface area contributed by atoms with Gasteiger partial charge in [-0.15, -0.1) is 0 Å². The molecular weight excluding hydrogens is 208 g/mol. The maximum atomic E-state index is 5.86. The van der Waals surface area contributed by atoms with Gasteiger partial charge in [-0.1, -0.05) is 32.1 Å². The summed E-state index contributed by atoms with van der Waals surface area (Å²) < 4.78 is 0. The summed E-state index contributed by atoms with van der Waals surface area (Å²) in [5.41, 5.74) is 5.86. The van der Waals surface area contributed by atoms with Gasteiger partial charge >= 0.3 is 0 Å². The third-order valence-corrected chi connectivity index (χ3v) is 5.05. The molecule has 2 aliphatic rings. The lowest BCUT2D eigenvalue weighted by Gasteiger charge is -2.29. The van der Waals surface area contributed by atoms with Gasteiger partial charge in [0, 0.05) is 12.1 Å². The average Bonchev–Trinajstić information content (AvgIpc) is 2.62.